The minimum absolute atomic E-state index is 0.402. The standard InChI is InChI=1S/C16H12N2O4/c1-21-15(19)11-5-7-17-13-9(11)3-4-10-12(16(20)22-2)6-8-18-14(10)13/h3-8H,1-2H3. The van der Waals surface area contributed by atoms with E-state index in [0.717, 1.165) is 0 Å². The van der Waals surface area contributed by atoms with Gasteiger partial charge in [0, 0.05) is 23.2 Å². The number of pyridine rings is 2. The fraction of sp³-hybridized carbons (Fsp3) is 0.125. The van der Waals surface area contributed by atoms with Crippen LogP contribution < -0.4 is 0 Å². The Morgan fingerprint density at radius 1 is 0.773 bits per heavy atom. The normalized spacial score (nSPS) is 10.6. The van der Waals surface area contributed by atoms with Crippen molar-refractivity contribution in [1.82, 2.24) is 9.97 Å². The minimum atomic E-state index is -0.448. The smallest absolute Gasteiger partial charge is 0.338 e. The van der Waals surface area contributed by atoms with E-state index < -0.39 is 11.9 Å². The number of nitrogens with zero attached hydrogens (tertiary/aromatic N) is 2. The van der Waals surface area contributed by atoms with Crippen molar-refractivity contribution >= 4 is 33.7 Å². The fourth-order valence-corrected chi connectivity index (χ4v) is 2.40. The highest BCUT2D eigenvalue weighted by molar-refractivity contribution is 6.14. The molecule has 2 heterocycles. The fourth-order valence-electron chi connectivity index (χ4n) is 2.40. The lowest BCUT2D eigenvalue weighted by atomic mass is 10.0. The van der Waals surface area contributed by atoms with Crippen LogP contribution in [0.1, 0.15) is 20.7 Å². The summed E-state index contributed by atoms with van der Waals surface area (Å²) in [6, 6.07) is 6.63. The van der Waals surface area contributed by atoms with Gasteiger partial charge < -0.3 is 9.47 Å². The molecular weight excluding hydrogens is 284 g/mol. The quantitative estimate of drug-likeness (QED) is 0.533. The average Bonchev–Trinajstić information content (AvgIpc) is 2.59. The summed E-state index contributed by atoms with van der Waals surface area (Å²) in [4.78, 5) is 32.3. The molecule has 6 heteroatoms. The van der Waals surface area contributed by atoms with Crippen LogP contribution in [0.5, 0.6) is 0 Å². The first kappa shape index (κ1) is 13.9. The number of benzene rings is 1. The van der Waals surface area contributed by atoms with Crippen molar-refractivity contribution in [1.29, 1.82) is 0 Å². The first-order chi connectivity index (χ1) is 10.7. The Morgan fingerprint density at radius 2 is 1.18 bits per heavy atom. The van der Waals surface area contributed by atoms with Crippen molar-refractivity contribution in [2.24, 2.45) is 0 Å². The summed E-state index contributed by atoms with van der Waals surface area (Å²) in [5, 5.41) is 1.24. The Bertz CT molecular complexity index is 830. The third-order valence-electron chi connectivity index (χ3n) is 3.43. The molecule has 0 unspecified atom stereocenters. The summed E-state index contributed by atoms with van der Waals surface area (Å²) in [7, 11) is 2.65. The van der Waals surface area contributed by atoms with Crippen molar-refractivity contribution in [3.8, 4) is 0 Å². The van der Waals surface area contributed by atoms with Gasteiger partial charge in [-0.3, -0.25) is 9.97 Å². The van der Waals surface area contributed by atoms with E-state index in [-0.39, 0.29) is 0 Å². The second-order valence-electron chi connectivity index (χ2n) is 4.56. The molecule has 0 aliphatic heterocycles. The van der Waals surface area contributed by atoms with Crippen LogP contribution in [0.3, 0.4) is 0 Å². The topological polar surface area (TPSA) is 78.4 Å². The molecule has 0 radical (unpaired) electrons. The summed E-state index contributed by atoms with van der Waals surface area (Å²) in [6.07, 6.45) is 3.03. The van der Waals surface area contributed by atoms with Gasteiger partial charge in [0.25, 0.3) is 0 Å². The van der Waals surface area contributed by atoms with E-state index in [0.29, 0.717) is 32.9 Å². The van der Waals surface area contributed by atoms with Gasteiger partial charge in [-0.15, -0.1) is 0 Å². The van der Waals surface area contributed by atoms with Crippen LogP contribution in [0.4, 0.5) is 0 Å². The van der Waals surface area contributed by atoms with Gasteiger partial charge in [-0.25, -0.2) is 9.59 Å². The number of fused-ring (bicyclic) bond motifs is 3. The number of ether oxygens (including phenoxy) is 2. The predicted molar refractivity (Wildman–Crippen MR) is 79.7 cm³/mol. The van der Waals surface area contributed by atoms with Crippen LogP contribution in [0.15, 0.2) is 36.7 Å². The molecule has 22 heavy (non-hydrogen) atoms. The second kappa shape index (κ2) is 5.40. The maximum atomic E-state index is 11.8. The van der Waals surface area contributed by atoms with Gasteiger partial charge in [0.15, 0.2) is 0 Å². The highest BCUT2D eigenvalue weighted by Crippen LogP contribution is 2.27. The number of carbonyl (C=O) groups excluding carboxylic acids is 2. The van der Waals surface area contributed by atoms with Crippen LogP contribution in [-0.4, -0.2) is 36.1 Å². The maximum Gasteiger partial charge on any atom is 0.338 e. The molecule has 0 fully saturated rings. The minimum Gasteiger partial charge on any atom is -0.465 e. The van der Waals surface area contributed by atoms with E-state index in [9.17, 15) is 9.59 Å². The Labute approximate surface area is 125 Å². The Morgan fingerprint density at radius 3 is 1.55 bits per heavy atom. The van der Waals surface area contributed by atoms with Crippen LogP contribution in [0.2, 0.25) is 0 Å². The van der Waals surface area contributed by atoms with Gasteiger partial charge in [0.1, 0.15) is 0 Å². The number of aromatic nitrogens is 2. The zero-order valence-electron chi connectivity index (χ0n) is 12.0. The highest BCUT2D eigenvalue weighted by Gasteiger charge is 2.16. The molecule has 0 atom stereocenters. The average molecular weight is 296 g/mol. The second-order valence-corrected chi connectivity index (χ2v) is 4.56. The number of hydrogen-bond acceptors (Lipinski definition) is 6. The van der Waals surface area contributed by atoms with E-state index in [1.54, 1.807) is 24.3 Å². The van der Waals surface area contributed by atoms with Gasteiger partial charge in [-0.1, -0.05) is 12.1 Å². The lowest BCUT2D eigenvalue weighted by Crippen LogP contribution is -2.05. The van der Waals surface area contributed by atoms with Gasteiger partial charge in [-0.2, -0.15) is 0 Å². The number of hydrogen-bond donors (Lipinski definition) is 0. The lowest BCUT2D eigenvalue weighted by Gasteiger charge is -2.08. The van der Waals surface area contributed by atoms with Crippen molar-refractivity contribution in [3.05, 3.63) is 47.8 Å². The number of methoxy groups -OCH3 is 2. The van der Waals surface area contributed by atoms with E-state index in [4.69, 9.17) is 9.47 Å². The SMILES string of the molecule is COC(=O)c1ccnc2c1ccc1c(C(=O)OC)ccnc12. The first-order valence-corrected chi connectivity index (χ1v) is 6.50. The largest absolute Gasteiger partial charge is 0.465 e. The van der Waals surface area contributed by atoms with E-state index >= 15 is 0 Å². The van der Waals surface area contributed by atoms with Gasteiger partial charge in [-0.05, 0) is 12.1 Å². The van der Waals surface area contributed by atoms with E-state index in [1.807, 2.05) is 0 Å². The van der Waals surface area contributed by atoms with E-state index in [1.165, 1.54) is 26.6 Å². The molecule has 0 N–H and O–H groups in total. The predicted octanol–water partition coefficient (Wildman–Crippen LogP) is 2.36. The summed E-state index contributed by atoms with van der Waals surface area (Å²) in [5.74, 6) is -0.897. The monoisotopic (exact) mass is 296 g/mol. The molecule has 3 rings (SSSR count). The first-order valence-electron chi connectivity index (χ1n) is 6.50. The zero-order chi connectivity index (χ0) is 15.7. The maximum absolute atomic E-state index is 11.8. The van der Waals surface area contributed by atoms with Crippen molar-refractivity contribution in [2.75, 3.05) is 14.2 Å². The molecule has 0 amide bonds. The highest BCUT2D eigenvalue weighted by atomic mass is 16.5. The molecule has 110 valence electrons. The molecule has 0 aliphatic carbocycles. The summed E-state index contributed by atoms with van der Waals surface area (Å²) in [5.41, 5.74) is 1.87. The Kier molecular flexibility index (Phi) is 3.42. The van der Waals surface area contributed by atoms with Crippen molar-refractivity contribution < 1.29 is 19.1 Å². The molecule has 6 nitrogen and oxygen atoms in total. The zero-order valence-corrected chi connectivity index (χ0v) is 12.0. The van der Waals surface area contributed by atoms with Crippen LogP contribution >= 0.6 is 0 Å². The van der Waals surface area contributed by atoms with Crippen LogP contribution in [-0.2, 0) is 9.47 Å². The molecule has 0 saturated carbocycles. The van der Waals surface area contributed by atoms with E-state index in [2.05, 4.69) is 9.97 Å². The molecular formula is C16H12N2O4. The summed E-state index contributed by atoms with van der Waals surface area (Å²) >= 11 is 0. The lowest BCUT2D eigenvalue weighted by molar-refractivity contribution is 0.0593. The molecule has 0 aliphatic rings. The third kappa shape index (κ3) is 2.05. The van der Waals surface area contributed by atoms with Crippen molar-refractivity contribution in [3.63, 3.8) is 0 Å². The number of rotatable bonds is 2. The van der Waals surface area contributed by atoms with Crippen LogP contribution in [0, 0.1) is 0 Å². The molecule has 1 aromatic carbocycles. The molecule has 0 spiro atoms. The van der Waals surface area contributed by atoms with Crippen LogP contribution in [0.25, 0.3) is 21.8 Å². The molecule has 0 saturated heterocycles. The van der Waals surface area contributed by atoms with Gasteiger partial charge in [0.05, 0.1) is 36.4 Å². The molecule has 3 aromatic rings. The Balaban J connectivity index is 2.38. The van der Waals surface area contributed by atoms with Crippen molar-refractivity contribution in [2.45, 2.75) is 0 Å². The molecule has 2 aromatic heterocycles. The summed E-state index contributed by atoms with van der Waals surface area (Å²) in [6.45, 7) is 0. The number of esters is 2. The number of carbonyl (C=O) groups is 2. The summed E-state index contributed by atoms with van der Waals surface area (Å²) < 4.78 is 9.55. The van der Waals surface area contributed by atoms with Gasteiger partial charge in [0.2, 0.25) is 0 Å². The Hall–Kier alpha value is -3.02. The molecule has 0 bridgehead atoms. The third-order valence-corrected chi connectivity index (χ3v) is 3.43. The van der Waals surface area contributed by atoms with Gasteiger partial charge >= 0.3 is 11.9 Å².